The minimum Gasteiger partial charge on any atom is -0.497 e. The fourth-order valence-electron chi connectivity index (χ4n) is 1.46. The molecule has 0 heterocycles. The number of hydrogen-bond acceptors (Lipinski definition) is 4. The molecule has 0 atom stereocenters. The largest absolute Gasteiger partial charge is 0.497 e. The SMILES string of the molecule is CCCOCCOc1ccc(OC)cc1C#CCN. The molecule has 0 saturated carbocycles. The molecule has 4 nitrogen and oxygen atoms in total. The van der Waals surface area contributed by atoms with E-state index in [0.717, 1.165) is 30.1 Å². The molecule has 4 heteroatoms. The van der Waals surface area contributed by atoms with E-state index in [4.69, 9.17) is 19.9 Å². The smallest absolute Gasteiger partial charge is 0.135 e. The van der Waals surface area contributed by atoms with Gasteiger partial charge in [-0.2, -0.15) is 0 Å². The summed E-state index contributed by atoms with van der Waals surface area (Å²) in [4.78, 5) is 0. The molecule has 0 amide bonds. The Morgan fingerprint density at radius 2 is 2.05 bits per heavy atom. The van der Waals surface area contributed by atoms with Gasteiger partial charge in [-0.15, -0.1) is 0 Å². The van der Waals surface area contributed by atoms with Crippen LogP contribution in [0.3, 0.4) is 0 Å². The van der Waals surface area contributed by atoms with E-state index in [1.54, 1.807) is 7.11 Å². The summed E-state index contributed by atoms with van der Waals surface area (Å²) < 4.78 is 16.2. The van der Waals surface area contributed by atoms with E-state index in [1.807, 2.05) is 18.2 Å². The molecule has 0 radical (unpaired) electrons. The van der Waals surface area contributed by atoms with Gasteiger partial charge >= 0.3 is 0 Å². The van der Waals surface area contributed by atoms with Gasteiger partial charge in [0.05, 0.1) is 25.8 Å². The van der Waals surface area contributed by atoms with Crippen LogP contribution in [0.1, 0.15) is 18.9 Å². The second-order valence-electron chi connectivity index (χ2n) is 3.83. The maximum atomic E-state index is 5.66. The number of rotatable bonds is 7. The average Bonchev–Trinajstić information content (AvgIpc) is 2.45. The lowest BCUT2D eigenvalue weighted by Crippen LogP contribution is -2.08. The predicted molar refractivity (Wildman–Crippen MR) is 75.5 cm³/mol. The Morgan fingerprint density at radius 3 is 2.74 bits per heavy atom. The highest BCUT2D eigenvalue weighted by molar-refractivity contribution is 5.50. The van der Waals surface area contributed by atoms with Crippen molar-refractivity contribution in [2.45, 2.75) is 13.3 Å². The summed E-state index contributed by atoms with van der Waals surface area (Å²) >= 11 is 0. The van der Waals surface area contributed by atoms with Crippen LogP contribution in [0.25, 0.3) is 0 Å². The summed E-state index contributed by atoms with van der Waals surface area (Å²) in [7, 11) is 1.62. The molecule has 1 rings (SSSR count). The van der Waals surface area contributed by atoms with E-state index < -0.39 is 0 Å². The zero-order valence-electron chi connectivity index (χ0n) is 11.6. The molecule has 0 aliphatic heterocycles. The number of ether oxygens (including phenoxy) is 3. The van der Waals surface area contributed by atoms with Crippen LogP contribution < -0.4 is 15.2 Å². The number of nitrogens with two attached hydrogens (primary N) is 1. The van der Waals surface area contributed by atoms with Crippen molar-refractivity contribution >= 4 is 0 Å². The Kier molecular flexibility index (Phi) is 7.48. The molecule has 0 bridgehead atoms. The van der Waals surface area contributed by atoms with Gasteiger partial charge in [0.25, 0.3) is 0 Å². The Balaban J connectivity index is 2.64. The second-order valence-corrected chi connectivity index (χ2v) is 3.83. The minimum atomic E-state index is 0.316. The molecule has 0 saturated heterocycles. The first kappa shape index (κ1) is 15.4. The first-order valence-corrected chi connectivity index (χ1v) is 6.39. The van der Waals surface area contributed by atoms with Crippen molar-refractivity contribution in [2.75, 3.05) is 33.5 Å². The quantitative estimate of drug-likeness (QED) is 0.602. The molecule has 0 fully saturated rings. The van der Waals surface area contributed by atoms with Crippen LogP contribution in [0.4, 0.5) is 0 Å². The summed E-state index contributed by atoms with van der Waals surface area (Å²) in [6, 6.07) is 5.53. The predicted octanol–water partition coefficient (Wildman–Crippen LogP) is 1.81. The lowest BCUT2D eigenvalue weighted by atomic mass is 10.2. The van der Waals surface area contributed by atoms with Crippen LogP contribution >= 0.6 is 0 Å². The van der Waals surface area contributed by atoms with Crippen molar-refractivity contribution < 1.29 is 14.2 Å². The van der Waals surface area contributed by atoms with Gasteiger partial charge in [-0.25, -0.2) is 0 Å². The van der Waals surface area contributed by atoms with Gasteiger partial charge in [0.1, 0.15) is 18.1 Å². The highest BCUT2D eigenvalue weighted by atomic mass is 16.5. The lowest BCUT2D eigenvalue weighted by Gasteiger charge is -2.10. The monoisotopic (exact) mass is 263 g/mol. The normalized spacial score (nSPS) is 9.63. The third-order valence-corrected chi connectivity index (χ3v) is 2.35. The third kappa shape index (κ3) is 5.64. The van der Waals surface area contributed by atoms with Crippen molar-refractivity contribution in [3.05, 3.63) is 23.8 Å². The summed E-state index contributed by atoms with van der Waals surface area (Å²) in [5, 5.41) is 0. The first-order chi connectivity index (χ1) is 9.31. The fourth-order valence-corrected chi connectivity index (χ4v) is 1.46. The molecule has 19 heavy (non-hydrogen) atoms. The van der Waals surface area contributed by atoms with E-state index >= 15 is 0 Å². The summed E-state index contributed by atoms with van der Waals surface area (Å²) in [5.41, 5.74) is 6.16. The molecular formula is C15H21NO3. The Bertz CT molecular complexity index is 435. The molecule has 0 aliphatic rings. The molecule has 1 aromatic rings. The van der Waals surface area contributed by atoms with E-state index in [1.165, 1.54) is 0 Å². The zero-order valence-corrected chi connectivity index (χ0v) is 11.6. The minimum absolute atomic E-state index is 0.316. The highest BCUT2D eigenvalue weighted by Crippen LogP contribution is 2.23. The van der Waals surface area contributed by atoms with E-state index in [0.29, 0.717) is 19.8 Å². The van der Waals surface area contributed by atoms with Crippen molar-refractivity contribution in [3.8, 4) is 23.3 Å². The second kappa shape index (κ2) is 9.26. The lowest BCUT2D eigenvalue weighted by molar-refractivity contribution is 0.100. The van der Waals surface area contributed by atoms with Crippen LogP contribution in [-0.4, -0.2) is 33.5 Å². The molecule has 104 valence electrons. The first-order valence-electron chi connectivity index (χ1n) is 6.39. The summed E-state index contributed by atoms with van der Waals surface area (Å²) in [6.45, 7) is 4.22. The average molecular weight is 263 g/mol. The van der Waals surface area contributed by atoms with Gasteiger partial charge < -0.3 is 19.9 Å². The summed E-state index contributed by atoms with van der Waals surface area (Å²) in [6.07, 6.45) is 1.01. The fraction of sp³-hybridized carbons (Fsp3) is 0.467. The maximum absolute atomic E-state index is 5.66. The van der Waals surface area contributed by atoms with Crippen LogP contribution in [-0.2, 0) is 4.74 Å². The standard InChI is InChI=1S/C15H21NO3/c1-3-9-18-10-11-19-15-7-6-14(17-2)12-13(15)5-4-8-16/h6-7,12H,3,8-11,16H2,1-2H3. The van der Waals surface area contributed by atoms with Gasteiger partial charge in [-0.3, -0.25) is 0 Å². The van der Waals surface area contributed by atoms with Crippen LogP contribution in [0.2, 0.25) is 0 Å². The van der Waals surface area contributed by atoms with Gasteiger partial charge in [0.2, 0.25) is 0 Å². The van der Waals surface area contributed by atoms with Crippen molar-refractivity contribution in [1.29, 1.82) is 0 Å². The molecular weight excluding hydrogens is 242 g/mol. The zero-order chi connectivity index (χ0) is 13.9. The molecule has 0 spiro atoms. The Hall–Kier alpha value is -1.70. The van der Waals surface area contributed by atoms with Crippen molar-refractivity contribution in [3.63, 3.8) is 0 Å². The molecule has 0 aromatic heterocycles. The molecule has 2 N–H and O–H groups in total. The van der Waals surface area contributed by atoms with E-state index in [-0.39, 0.29) is 0 Å². The van der Waals surface area contributed by atoms with Gasteiger partial charge in [0, 0.05) is 6.61 Å². The van der Waals surface area contributed by atoms with E-state index in [2.05, 4.69) is 18.8 Å². The molecule has 0 unspecified atom stereocenters. The number of hydrogen-bond donors (Lipinski definition) is 1. The van der Waals surface area contributed by atoms with Crippen LogP contribution in [0.5, 0.6) is 11.5 Å². The Morgan fingerprint density at radius 1 is 1.21 bits per heavy atom. The molecule has 1 aromatic carbocycles. The third-order valence-electron chi connectivity index (χ3n) is 2.35. The van der Waals surface area contributed by atoms with Crippen LogP contribution in [0, 0.1) is 11.8 Å². The topological polar surface area (TPSA) is 53.7 Å². The summed E-state index contributed by atoms with van der Waals surface area (Å²) in [5.74, 6) is 7.27. The van der Waals surface area contributed by atoms with Gasteiger partial charge in [-0.1, -0.05) is 18.8 Å². The van der Waals surface area contributed by atoms with Crippen LogP contribution in [0.15, 0.2) is 18.2 Å². The van der Waals surface area contributed by atoms with Crippen molar-refractivity contribution in [1.82, 2.24) is 0 Å². The van der Waals surface area contributed by atoms with Gasteiger partial charge in [-0.05, 0) is 24.6 Å². The van der Waals surface area contributed by atoms with Crippen molar-refractivity contribution in [2.24, 2.45) is 5.73 Å². The number of methoxy groups -OCH3 is 1. The van der Waals surface area contributed by atoms with Gasteiger partial charge in [0.15, 0.2) is 0 Å². The molecule has 0 aliphatic carbocycles. The van der Waals surface area contributed by atoms with E-state index in [9.17, 15) is 0 Å². The number of benzene rings is 1. The maximum Gasteiger partial charge on any atom is 0.135 e. The highest BCUT2D eigenvalue weighted by Gasteiger charge is 2.03. The Labute approximate surface area is 114 Å².